The average Bonchev–Trinajstić information content (AvgIpc) is 2.21. The van der Waals surface area contributed by atoms with E-state index >= 15 is 0 Å². The minimum Gasteiger partial charge on any atom is -0.465 e. The first-order valence-electron chi connectivity index (χ1n) is 5.29. The molecular weight excluding hydrogens is 232 g/mol. The van der Waals surface area contributed by atoms with E-state index < -0.39 is 21.8 Å². The fraction of sp³-hybridized carbons (Fsp3) is 0.889. The fourth-order valence-corrected chi connectivity index (χ4v) is 2.81. The van der Waals surface area contributed by atoms with E-state index in [1.165, 1.54) is 0 Å². The highest BCUT2D eigenvalue weighted by atomic mass is 32.2. The Bertz CT molecular complexity index is 327. The van der Waals surface area contributed by atoms with Crippen molar-refractivity contribution in [3.63, 3.8) is 0 Å². The highest BCUT2D eigenvalue weighted by Crippen LogP contribution is 2.04. The first kappa shape index (κ1) is 13.4. The highest BCUT2D eigenvalue weighted by Gasteiger charge is 2.25. The molecule has 6 nitrogen and oxygen atoms in total. The summed E-state index contributed by atoms with van der Waals surface area (Å²) in [5.74, 6) is -0.151. The molecule has 1 aliphatic heterocycles. The predicted octanol–water partition coefficient (Wildman–Crippen LogP) is -1.39. The molecule has 1 unspecified atom stereocenters. The van der Waals surface area contributed by atoms with Gasteiger partial charge in [-0.15, -0.1) is 0 Å². The monoisotopic (exact) mass is 250 g/mol. The second-order valence-electron chi connectivity index (χ2n) is 3.81. The Kier molecular flexibility index (Phi) is 4.69. The maximum absolute atomic E-state index is 11.3. The zero-order chi connectivity index (χ0) is 12.2. The molecule has 0 bridgehead atoms. The lowest BCUT2D eigenvalue weighted by molar-refractivity contribution is -0.145. The fourth-order valence-electron chi connectivity index (χ4n) is 1.53. The second kappa shape index (κ2) is 5.60. The molecule has 1 aliphatic rings. The second-order valence-corrected chi connectivity index (χ2v) is 6.11. The molecule has 0 aromatic heterocycles. The van der Waals surface area contributed by atoms with E-state index in [4.69, 9.17) is 10.5 Å². The van der Waals surface area contributed by atoms with Gasteiger partial charge in [-0.05, 0) is 6.92 Å². The Morgan fingerprint density at radius 2 is 2.00 bits per heavy atom. The van der Waals surface area contributed by atoms with E-state index in [2.05, 4.69) is 0 Å². The first-order valence-corrected chi connectivity index (χ1v) is 7.12. The molecule has 0 aromatic rings. The van der Waals surface area contributed by atoms with Crippen LogP contribution in [0.1, 0.15) is 6.92 Å². The van der Waals surface area contributed by atoms with E-state index in [-0.39, 0.29) is 11.5 Å². The summed E-state index contributed by atoms with van der Waals surface area (Å²) in [6, 6.07) is -0.694. The third-order valence-electron chi connectivity index (χ3n) is 2.48. The van der Waals surface area contributed by atoms with Crippen molar-refractivity contribution in [2.45, 2.75) is 13.0 Å². The van der Waals surface area contributed by atoms with E-state index in [0.717, 1.165) is 0 Å². The number of ether oxygens (including phenoxy) is 1. The van der Waals surface area contributed by atoms with Gasteiger partial charge in [0, 0.05) is 19.6 Å². The lowest BCUT2D eigenvalue weighted by atomic mass is 10.3. The third kappa shape index (κ3) is 4.07. The van der Waals surface area contributed by atoms with Crippen molar-refractivity contribution in [2.75, 3.05) is 37.7 Å². The Balaban J connectivity index is 2.36. The molecule has 1 rings (SSSR count). The molecule has 2 N–H and O–H groups in total. The lowest BCUT2D eigenvalue weighted by Gasteiger charge is -2.28. The van der Waals surface area contributed by atoms with Gasteiger partial charge in [0.05, 0.1) is 18.1 Å². The number of hydrogen-bond acceptors (Lipinski definition) is 6. The number of rotatable bonds is 4. The Hall–Kier alpha value is -0.660. The molecule has 1 fully saturated rings. The normalized spacial score (nSPS) is 22.6. The predicted molar refractivity (Wildman–Crippen MR) is 59.7 cm³/mol. The van der Waals surface area contributed by atoms with Crippen molar-refractivity contribution >= 4 is 15.8 Å². The van der Waals surface area contributed by atoms with Crippen molar-refractivity contribution in [3.8, 4) is 0 Å². The van der Waals surface area contributed by atoms with Crippen LogP contribution in [0.2, 0.25) is 0 Å². The molecule has 1 saturated heterocycles. The zero-order valence-corrected chi connectivity index (χ0v) is 10.2. The van der Waals surface area contributed by atoms with Gasteiger partial charge in [-0.3, -0.25) is 9.69 Å². The summed E-state index contributed by atoms with van der Waals surface area (Å²) in [6.45, 7) is 3.26. The van der Waals surface area contributed by atoms with Crippen molar-refractivity contribution in [1.29, 1.82) is 0 Å². The topological polar surface area (TPSA) is 89.7 Å². The van der Waals surface area contributed by atoms with Crippen LogP contribution in [-0.2, 0) is 19.4 Å². The smallest absolute Gasteiger partial charge is 0.324 e. The maximum Gasteiger partial charge on any atom is 0.324 e. The van der Waals surface area contributed by atoms with Crippen LogP contribution in [0.4, 0.5) is 0 Å². The third-order valence-corrected chi connectivity index (χ3v) is 4.09. The van der Waals surface area contributed by atoms with Crippen LogP contribution in [0.25, 0.3) is 0 Å². The van der Waals surface area contributed by atoms with Crippen molar-refractivity contribution in [2.24, 2.45) is 5.73 Å². The van der Waals surface area contributed by atoms with E-state index in [0.29, 0.717) is 26.2 Å². The number of nitrogens with zero attached hydrogens (tertiary/aromatic N) is 1. The van der Waals surface area contributed by atoms with Crippen LogP contribution in [0.3, 0.4) is 0 Å². The first-order chi connectivity index (χ1) is 7.44. The zero-order valence-electron chi connectivity index (χ0n) is 9.39. The van der Waals surface area contributed by atoms with Crippen LogP contribution in [0.15, 0.2) is 0 Å². The van der Waals surface area contributed by atoms with Gasteiger partial charge in [0.15, 0.2) is 9.84 Å². The average molecular weight is 250 g/mol. The highest BCUT2D eigenvalue weighted by molar-refractivity contribution is 7.91. The largest absolute Gasteiger partial charge is 0.465 e. The van der Waals surface area contributed by atoms with Gasteiger partial charge in [0.25, 0.3) is 0 Å². The molecule has 0 aromatic carbocycles. The summed E-state index contributed by atoms with van der Waals surface area (Å²) in [5.41, 5.74) is 5.64. The quantitative estimate of drug-likeness (QED) is 0.618. The number of carbonyl (C=O) groups excluding carboxylic acids is 1. The summed E-state index contributed by atoms with van der Waals surface area (Å²) in [4.78, 5) is 13.1. The van der Waals surface area contributed by atoms with Gasteiger partial charge in [0.2, 0.25) is 0 Å². The SMILES string of the molecule is CCOC(=O)C(N)CN1CCS(=O)(=O)CC1. The molecule has 0 radical (unpaired) electrons. The molecule has 94 valence electrons. The number of carbonyl (C=O) groups is 1. The Labute approximate surface area is 95.7 Å². The summed E-state index contributed by atoms with van der Waals surface area (Å²) in [5, 5.41) is 0. The van der Waals surface area contributed by atoms with E-state index in [1.807, 2.05) is 4.90 Å². The molecule has 0 aliphatic carbocycles. The van der Waals surface area contributed by atoms with Crippen molar-refractivity contribution in [3.05, 3.63) is 0 Å². The van der Waals surface area contributed by atoms with Crippen LogP contribution < -0.4 is 5.73 Å². The van der Waals surface area contributed by atoms with Gasteiger partial charge in [-0.1, -0.05) is 0 Å². The lowest BCUT2D eigenvalue weighted by Crippen LogP contribution is -2.48. The van der Waals surface area contributed by atoms with Crippen LogP contribution >= 0.6 is 0 Å². The molecule has 1 heterocycles. The van der Waals surface area contributed by atoms with Gasteiger partial charge in [-0.2, -0.15) is 0 Å². The molecule has 16 heavy (non-hydrogen) atoms. The summed E-state index contributed by atoms with van der Waals surface area (Å²) in [7, 11) is -2.88. The number of sulfone groups is 1. The summed E-state index contributed by atoms with van der Waals surface area (Å²) in [6.07, 6.45) is 0. The van der Waals surface area contributed by atoms with Crippen molar-refractivity contribution < 1.29 is 17.9 Å². The Morgan fingerprint density at radius 3 is 2.50 bits per heavy atom. The minimum atomic E-state index is -2.88. The molecular formula is C9H18N2O4S. The maximum atomic E-state index is 11.3. The summed E-state index contributed by atoms with van der Waals surface area (Å²) >= 11 is 0. The number of hydrogen-bond donors (Lipinski definition) is 1. The van der Waals surface area contributed by atoms with Gasteiger partial charge >= 0.3 is 5.97 Å². The number of nitrogens with two attached hydrogens (primary N) is 1. The van der Waals surface area contributed by atoms with Crippen molar-refractivity contribution in [1.82, 2.24) is 4.90 Å². The summed E-state index contributed by atoms with van der Waals surface area (Å²) < 4.78 is 27.1. The van der Waals surface area contributed by atoms with Gasteiger partial charge in [-0.25, -0.2) is 8.42 Å². The standard InChI is InChI=1S/C9H18N2O4S/c1-2-15-9(12)8(10)7-11-3-5-16(13,14)6-4-11/h8H,2-7,10H2,1H3. The number of esters is 1. The molecule has 1 atom stereocenters. The minimum absolute atomic E-state index is 0.141. The molecule has 0 spiro atoms. The van der Waals surface area contributed by atoms with Gasteiger partial charge in [0.1, 0.15) is 6.04 Å². The molecule has 0 saturated carbocycles. The van der Waals surface area contributed by atoms with E-state index in [9.17, 15) is 13.2 Å². The Morgan fingerprint density at radius 1 is 1.44 bits per heavy atom. The van der Waals surface area contributed by atoms with Gasteiger partial charge < -0.3 is 10.5 Å². The van der Waals surface area contributed by atoms with Crippen LogP contribution in [0.5, 0.6) is 0 Å². The van der Waals surface area contributed by atoms with Crippen LogP contribution in [0, 0.1) is 0 Å². The van der Waals surface area contributed by atoms with Crippen LogP contribution in [-0.4, -0.2) is 63.1 Å². The molecule has 7 heteroatoms. The molecule has 0 amide bonds. The van der Waals surface area contributed by atoms with E-state index in [1.54, 1.807) is 6.92 Å².